The van der Waals surface area contributed by atoms with Gasteiger partial charge in [0.15, 0.2) is 0 Å². The molecule has 0 spiro atoms. The number of pyridine rings is 1. The van der Waals surface area contributed by atoms with Crippen molar-refractivity contribution in [1.29, 1.82) is 0 Å². The highest BCUT2D eigenvalue weighted by Gasteiger charge is 2.62. The summed E-state index contributed by atoms with van der Waals surface area (Å²) in [5, 5.41) is 5.82. The van der Waals surface area contributed by atoms with Crippen molar-refractivity contribution in [2.24, 2.45) is 17.8 Å². The van der Waals surface area contributed by atoms with Crippen molar-refractivity contribution < 1.29 is 46.5 Å². The second-order valence-electron chi connectivity index (χ2n) is 16.6. The third kappa shape index (κ3) is 7.95. The van der Waals surface area contributed by atoms with Gasteiger partial charge in [-0.05, 0) is 82.6 Å². The number of hydrogen-bond acceptors (Lipinski definition) is 11. The minimum Gasteiger partial charge on any atom is -0.496 e. The van der Waals surface area contributed by atoms with E-state index in [0.717, 1.165) is 31.2 Å². The van der Waals surface area contributed by atoms with E-state index in [4.69, 9.17) is 23.9 Å². The summed E-state index contributed by atoms with van der Waals surface area (Å²) in [6, 6.07) is 3.35. The van der Waals surface area contributed by atoms with Crippen molar-refractivity contribution in [3.63, 3.8) is 0 Å². The number of aromatic nitrogens is 1. The normalized spacial score (nSPS) is 30.6. The minimum atomic E-state index is -3.91. The lowest BCUT2D eigenvalue weighted by molar-refractivity contribution is -0.142. The molecule has 7 atom stereocenters. The number of amides is 4. The van der Waals surface area contributed by atoms with Crippen LogP contribution in [-0.2, 0) is 29.1 Å². The number of ether oxygens (including phenoxy) is 4. The quantitative estimate of drug-likeness (QED) is 0.286. The highest BCUT2D eigenvalue weighted by atomic mass is 32.2. The van der Waals surface area contributed by atoms with E-state index in [1.165, 1.54) is 11.0 Å². The summed E-state index contributed by atoms with van der Waals surface area (Å²) in [7, 11) is -2.32. The average Bonchev–Trinajstić information content (AvgIpc) is 3.99. The second-order valence-corrected chi connectivity index (χ2v) is 18.6. The van der Waals surface area contributed by atoms with Gasteiger partial charge in [0.25, 0.3) is 5.91 Å². The summed E-state index contributed by atoms with van der Waals surface area (Å²) in [5.41, 5.74) is -0.202. The molecule has 0 unspecified atom stereocenters. The van der Waals surface area contributed by atoms with Crippen LogP contribution in [0.1, 0.15) is 89.5 Å². The molecule has 4 aliphatic carbocycles. The van der Waals surface area contributed by atoms with Gasteiger partial charge in [0.05, 0.1) is 31.0 Å². The van der Waals surface area contributed by atoms with Gasteiger partial charge in [-0.3, -0.25) is 19.1 Å². The first-order chi connectivity index (χ1) is 27.9. The van der Waals surface area contributed by atoms with Crippen molar-refractivity contribution in [1.82, 2.24) is 25.2 Å². The number of rotatable bonds is 10. The molecule has 1 aromatic heterocycles. The van der Waals surface area contributed by atoms with Crippen molar-refractivity contribution in [3.05, 3.63) is 42.5 Å². The van der Waals surface area contributed by atoms with Gasteiger partial charge < -0.3 is 34.5 Å². The molecule has 0 radical (unpaired) electrons. The topological polar surface area (TPSA) is 192 Å². The average molecular weight is 820 g/mol. The number of alkyl carbamates (subject to hydrolysis) is 1. The molecule has 16 heteroatoms. The minimum absolute atomic E-state index is 0.0155. The van der Waals surface area contributed by atoms with Crippen LogP contribution >= 0.6 is 0 Å². The zero-order valence-electron chi connectivity index (χ0n) is 33.1. The van der Waals surface area contributed by atoms with Crippen molar-refractivity contribution >= 4 is 50.8 Å². The number of carbonyl (C=O) groups is 4. The predicted octanol–water partition coefficient (Wildman–Crippen LogP) is 4.53. The smallest absolute Gasteiger partial charge is 0.408 e. The molecule has 3 heterocycles. The van der Waals surface area contributed by atoms with E-state index in [1.807, 2.05) is 25.1 Å². The molecular formula is C42H53N5O10S. The first-order valence-corrected chi connectivity index (χ1v) is 22.2. The van der Waals surface area contributed by atoms with Crippen LogP contribution in [0.25, 0.3) is 17.0 Å². The Hall–Kier alpha value is -4.86. The van der Waals surface area contributed by atoms with Crippen molar-refractivity contribution in [3.8, 4) is 17.4 Å². The second kappa shape index (κ2) is 16.1. The molecule has 4 saturated carbocycles. The molecule has 58 heavy (non-hydrogen) atoms. The Morgan fingerprint density at radius 1 is 1.07 bits per heavy atom. The van der Waals surface area contributed by atoms with Gasteiger partial charge in [-0.2, -0.15) is 0 Å². The molecule has 2 aromatic rings. The highest BCUT2D eigenvalue weighted by Crippen LogP contribution is 2.46. The molecule has 1 saturated heterocycles. The number of carbonyl (C=O) groups excluding carboxylic acids is 4. The van der Waals surface area contributed by atoms with Crippen LogP contribution in [0, 0.1) is 17.8 Å². The third-order valence-electron chi connectivity index (χ3n) is 12.8. The van der Waals surface area contributed by atoms with Gasteiger partial charge >= 0.3 is 6.09 Å². The predicted molar refractivity (Wildman–Crippen MR) is 213 cm³/mol. The molecule has 15 nitrogen and oxygen atoms in total. The highest BCUT2D eigenvalue weighted by molar-refractivity contribution is 7.91. The Morgan fingerprint density at radius 2 is 1.84 bits per heavy atom. The summed E-state index contributed by atoms with van der Waals surface area (Å²) >= 11 is 0. The molecule has 6 aliphatic rings. The van der Waals surface area contributed by atoms with Crippen LogP contribution in [0.3, 0.4) is 0 Å². The molecule has 5 fully saturated rings. The van der Waals surface area contributed by atoms with Gasteiger partial charge in [-0.15, -0.1) is 6.58 Å². The first-order valence-electron chi connectivity index (χ1n) is 20.7. The summed E-state index contributed by atoms with van der Waals surface area (Å²) in [4.78, 5) is 63.0. The van der Waals surface area contributed by atoms with Crippen molar-refractivity contribution in [2.75, 3.05) is 20.3 Å². The number of benzene rings is 1. The van der Waals surface area contributed by atoms with Gasteiger partial charge in [0.1, 0.15) is 41.3 Å². The van der Waals surface area contributed by atoms with E-state index >= 15 is 0 Å². The Bertz CT molecular complexity index is 2120. The lowest BCUT2D eigenvalue weighted by Crippen LogP contribution is -2.59. The number of nitrogens with one attached hydrogen (secondary N) is 3. The van der Waals surface area contributed by atoms with Gasteiger partial charge in [0.2, 0.25) is 27.7 Å². The van der Waals surface area contributed by atoms with E-state index in [1.54, 1.807) is 13.2 Å². The zero-order valence-corrected chi connectivity index (χ0v) is 33.9. The molecule has 2 aliphatic heterocycles. The van der Waals surface area contributed by atoms with E-state index in [9.17, 15) is 27.6 Å². The number of hydrogen-bond donors (Lipinski definition) is 3. The standard InChI is InChI=1S/C42H53N5O10S/c1-4-27-22-42(27,40(50)46-58(52,53)29-16-17-29)45-38(48)32-19-28-23-47(32)39(49)37(25-10-6-7-11-25)44-41(51)57-33-15-9-13-24(33)12-8-14-26-18-30-31(20-34(26)54-3)43-36(55-5-2)21-35(30)56-28/h4,8,14,18,20-21,24-25,27-29,32-33,37H,1,5-7,9-13,15-17,19,22-23H2,2-3H3,(H,44,51)(H,45,48)(H,46,50)/b14-8+/t24-,27+,28+,32-,33+,37-,42+/m0/s1. The monoisotopic (exact) mass is 819 g/mol. The summed E-state index contributed by atoms with van der Waals surface area (Å²) in [5.74, 6) is -1.18. The Balaban J connectivity index is 1.17. The number of methoxy groups -OCH3 is 1. The Kier molecular flexibility index (Phi) is 11.1. The molecule has 312 valence electrons. The number of fused-ring (bicyclic) bond motifs is 4. The maximum atomic E-state index is 14.9. The summed E-state index contributed by atoms with van der Waals surface area (Å²) in [6.07, 6.45) is 11.3. The molecular weight excluding hydrogens is 767 g/mol. The first kappa shape index (κ1) is 39.9. The fraction of sp³-hybridized carbons (Fsp3) is 0.595. The van der Waals surface area contributed by atoms with Crippen LogP contribution in [0.4, 0.5) is 4.79 Å². The summed E-state index contributed by atoms with van der Waals surface area (Å²) < 4.78 is 52.2. The van der Waals surface area contributed by atoms with E-state index in [-0.39, 0.29) is 37.3 Å². The van der Waals surface area contributed by atoms with Crippen LogP contribution in [0.5, 0.6) is 17.4 Å². The maximum absolute atomic E-state index is 14.9. The maximum Gasteiger partial charge on any atom is 0.408 e. The number of allylic oxidation sites excluding steroid dienone is 1. The van der Waals surface area contributed by atoms with E-state index in [2.05, 4.69) is 28.0 Å². The molecule has 8 rings (SSSR count). The van der Waals surface area contributed by atoms with Gasteiger partial charge in [0, 0.05) is 35.4 Å². The Morgan fingerprint density at radius 3 is 2.55 bits per heavy atom. The lowest BCUT2D eigenvalue weighted by atomic mass is 9.96. The van der Waals surface area contributed by atoms with Crippen LogP contribution in [0.15, 0.2) is 36.9 Å². The fourth-order valence-corrected chi connectivity index (χ4v) is 10.7. The third-order valence-corrected chi connectivity index (χ3v) is 14.6. The van der Waals surface area contributed by atoms with Gasteiger partial charge in [-0.1, -0.05) is 31.1 Å². The zero-order chi connectivity index (χ0) is 40.8. The van der Waals surface area contributed by atoms with E-state index < -0.39 is 68.7 Å². The van der Waals surface area contributed by atoms with Crippen LogP contribution < -0.4 is 29.6 Å². The Labute approximate surface area is 338 Å². The summed E-state index contributed by atoms with van der Waals surface area (Å²) in [6.45, 7) is 6.00. The van der Waals surface area contributed by atoms with E-state index in [0.29, 0.717) is 73.4 Å². The number of sulfonamides is 1. The molecule has 3 N–H and O–H groups in total. The number of nitrogens with zero attached hydrogens (tertiary/aromatic N) is 2. The lowest BCUT2D eigenvalue weighted by Gasteiger charge is -2.32. The fourth-order valence-electron chi connectivity index (χ4n) is 9.36. The molecule has 4 amide bonds. The van der Waals surface area contributed by atoms with Crippen LogP contribution in [0.2, 0.25) is 0 Å². The van der Waals surface area contributed by atoms with Gasteiger partial charge in [-0.25, -0.2) is 18.2 Å². The molecule has 4 bridgehead atoms. The molecule has 1 aromatic carbocycles. The van der Waals surface area contributed by atoms with Crippen molar-refractivity contribution in [2.45, 2.75) is 119 Å². The largest absolute Gasteiger partial charge is 0.496 e. The van der Waals surface area contributed by atoms with Crippen LogP contribution in [-0.4, -0.2) is 97.5 Å². The SMILES string of the molecule is C=C[C@@H]1C[C@]1(NC(=O)[C@@H]1C[C@@H]2CN1C(=O)[C@H](C1CCCC1)NC(=O)O[C@@H]1CCC[C@@H]1C/C=C/c1cc3c(cc(OCC)nc3cc1OC)O2)C(=O)NS(=O)(=O)C1CC1.